The van der Waals surface area contributed by atoms with E-state index < -0.39 is 18.6 Å². The molecule has 1 amide bonds. The highest BCUT2D eigenvalue weighted by molar-refractivity contribution is 6.06. The fourth-order valence-corrected chi connectivity index (χ4v) is 1.72. The molecule has 0 bridgehead atoms. The number of aryl methyl sites for hydroxylation is 1. The third kappa shape index (κ3) is 3.44. The molecule has 1 aromatic heterocycles. The monoisotopic (exact) mass is 292 g/mol. The number of amides is 1. The largest absolute Gasteiger partial charge is 0.444 e. The minimum Gasteiger partial charge on any atom is -0.444 e. The first-order valence-electron chi connectivity index (χ1n) is 6.11. The van der Waals surface area contributed by atoms with Crippen LogP contribution in [0.25, 0.3) is 0 Å². The summed E-state index contributed by atoms with van der Waals surface area (Å²) in [7, 11) is 0. The van der Waals surface area contributed by atoms with E-state index in [1.807, 2.05) is 0 Å². The van der Waals surface area contributed by atoms with E-state index in [0.717, 1.165) is 6.26 Å². The van der Waals surface area contributed by atoms with Gasteiger partial charge in [-0.2, -0.15) is 4.98 Å². The Labute approximate surface area is 119 Å². The number of carbonyl (C=O) groups excluding carboxylic acids is 2. The van der Waals surface area contributed by atoms with Gasteiger partial charge in [0.15, 0.2) is 12.5 Å². The Bertz CT molecular complexity index is 681. The molecule has 6 nitrogen and oxygen atoms in total. The Morgan fingerprint density at radius 2 is 2.19 bits per heavy atom. The molecule has 2 aromatic rings. The van der Waals surface area contributed by atoms with E-state index in [2.05, 4.69) is 10.3 Å². The van der Waals surface area contributed by atoms with Gasteiger partial charge in [-0.05, 0) is 18.6 Å². The van der Waals surface area contributed by atoms with Crippen LogP contribution in [0.5, 0.6) is 5.75 Å². The zero-order chi connectivity index (χ0) is 15.4. The summed E-state index contributed by atoms with van der Waals surface area (Å²) in [5.41, 5.74) is 0.817. The van der Waals surface area contributed by atoms with E-state index in [4.69, 9.17) is 9.15 Å². The highest BCUT2D eigenvalue weighted by Crippen LogP contribution is 2.24. The van der Waals surface area contributed by atoms with Gasteiger partial charge in [0.05, 0.1) is 5.56 Å². The molecule has 1 aromatic carbocycles. The van der Waals surface area contributed by atoms with Crippen LogP contribution in [0.4, 0.5) is 10.2 Å². The van der Waals surface area contributed by atoms with Gasteiger partial charge in [0.2, 0.25) is 5.89 Å². The number of benzene rings is 1. The summed E-state index contributed by atoms with van der Waals surface area (Å²) >= 11 is 0. The number of ether oxygens (including phenoxy) is 1. The lowest BCUT2D eigenvalue weighted by Crippen LogP contribution is -2.15. The molecule has 21 heavy (non-hydrogen) atoms. The Balaban J connectivity index is 2.26. The van der Waals surface area contributed by atoms with Crippen molar-refractivity contribution in [3.05, 3.63) is 41.5 Å². The summed E-state index contributed by atoms with van der Waals surface area (Å²) in [5.74, 6) is -0.928. The van der Waals surface area contributed by atoms with Crippen molar-refractivity contribution in [1.82, 2.24) is 4.98 Å². The van der Waals surface area contributed by atoms with Crippen LogP contribution in [-0.2, 0) is 11.5 Å². The summed E-state index contributed by atoms with van der Waals surface area (Å²) < 4.78 is 22.2. The Kier molecular flexibility index (Phi) is 4.32. The summed E-state index contributed by atoms with van der Waals surface area (Å²) in [6.45, 7) is 2.10. The molecule has 1 heterocycles. The van der Waals surface area contributed by atoms with Gasteiger partial charge in [-0.1, -0.05) is 12.1 Å². The molecule has 7 heteroatoms. The average molecular weight is 292 g/mol. The van der Waals surface area contributed by atoms with E-state index in [1.165, 1.54) is 13.0 Å². The maximum Gasteiger partial charge on any atom is 0.308 e. The van der Waals surface area contributed by atoms with E-state index in [-0.39, 0.29) is 23.0 Å². The van der Waals surface area contributed by atoms with Crippen LogP contribution in [0, 0.1) is 6.92 Å². The Morgan fingerprint density at radius 3 is 2.81 bits per heavy atom. The maximum absolute atomic E-state index is 12.3. The van der Waals surface area contributed by atoms with E-state index in [9.17, 15) is 14.0 Å². The van der Waals surface area contributed by atoms with Gasteiger partial charge >= 0.3 is 5.97 Å². The second-order valence-corrected chi connectivity index (χ2v) is 4.26. The Morgan fingerprint density at radius 1 is 1.43 bits per heavy atom. The minimum atomic E-state index is -0.862. The number of carbonyl (C=O) groups is 2. The average Bonchev–Trinajstić information content (AvgIpc) is 2.88. The van der Waals surface area contributed by atoms with Crippen molar-refractivity contribution in [3.63, 3.8) is 0 Å². The molecule has 0 spiro atoms. The number of hydrogen-bond donors (Lipinski definition) is 1. The first-order chi connectivity index (χ1) is 10.0. The first-order valence-corrected chi connectivity index (χ1v) is 6.11. The highest BCUT2D eigenvalue weighted by Gasteiger charge is 2.17. The smallest absolute Gasteiger partial charge is 0.308 e. The zero-order valence-electron chi connectivity index (χ0n) is 11.5. The van der Waals surface area contributed by atoms with Crippen LogP contribution in [0.15, 0.2) is 28.9 Å². The predicted octanol–water partition coefficient (Wildman–Crippen LogP) is 2.63. The van der Waals surface area contributed by atoms with Gasteiger partial charge in [-0.25, -0.2) is 4.39 Å². The molecule has 0 aliphatic rings. The van der Waals surface area contributed by atoms with Crippen LogP contribution < -0.4 is 10.1 Å². The standard InChI is InChI=1S/C14H13FN2O4/c1-8-4-3-5-10(13(8)21-9(2)18)14(19)17-11-7-20-12(6-15)16-11/h3-5,7H,6H2,1-2H3,(H,17,19). The molecule has 0 saturated carbocycles. The number of nitrogens with zero attached hydrogens (tertiary/aromatic N) is 1. The van der Waals surface area contributed by atoms with E-state index >= 15 is 0 Å². The summed E-state index contributed by atoms with van der Waals surface area (Å²) in [6, 6.07) is 4.89. The lowest BCUT2D eigenvalue weighted by molar-refractivity contribution is -0.131. The molecule has 0 aliphatic heterocycles. The fourth-order valence-electron chi connectivity index (χ4n) is 1.72. The molecular weight excluding hydrogens is 279 g/mol. The van der Waals surface area contributed by atoms with Gasteiger partial charge in [0.25, 0.3) is 5.91 Å². The molecule has 1 N–H and O–H groups in total. The zero-order valence-corrected chi connectivity index (χ0v) is 11.5. The molecule has 0 fully saturated rings. The summed E-state index contributed by atoms with van der Waals surface area (Å²) in [6.07, 6.45) is 1.13. The van der Waals surface area contributed by atoms with Crippen molar-refractivity contribution in [1.29, 1.82) is 0 Å². The molecule has 2 rings (SSSR count). The first kappa shape index (κ1) is 14.7. The van der Waals surface area contributed by atoms with Crippen molar-refractivity contribution >= 4 is 17.7 Å². The molecule has 0 unspecified atom stereocenters. The quantitative estimate of drug-likeness (QED) is 0.692. The molecule has 110 valence electrons. The second kappa shape index (κ2) is 6.17. The van der Waals surface area contributed by atoms with Crippen molar-refractivity contribution in [2.45, 2.75) is 20.5 Å². The van der Waals surface area contributed by atoms with E-state index in [1.54, 1.807) is 19.1 Å². The van der Waals surface area contributed by atoms with Gasteiger partial charge in [0.1, 0.15) is 12.0 Å². The molecule has 0 aliphatic carbocycles. The normalized spacial score (nSPS) is 10.2. The SMILES string of the molecule is CC(=O)Oc1c(C)cccc1C(=O)Nc1coc(CF)n1. The van der Waals surface area contributed by atoms with Crippen LogP contribution >= 0.6 is 0 Å². The molecular formula is C14H13FN2O4. The van der Waals surface area contributed by atoms with Gasteiger partial charge in [-0.3, -0.25) is 9.59 Å². The number of halogens is 1. The van der Waals surface area contributed by atoms with Crippen LogP contribution in [-0.4, -0.2) is 16.9 Å². The molecule has 0 saturated heterocycles. The van der Waals surface area contributed by atoms with Crippen LogP contribution in [0.1, 0.15) is 28.7 Å². The third-order valence-electron chi connectivity index (χ3n) is 2.61. The number of rotatable bonds is 4. The second-order valence-electron chi connectivity index (χ2n) is 4.26. The van der Waals surface area contributed by atoms with Crippen molar-refractivity contribution in [2.75, 3.05) is 5.32 Å². The number of anilines is 1. The lowest BCUT2D eigenvalue weighted by Gasteiger charge is -2.10. The number of hydrogen-bond acceptors (Lipinski definition) is 5. The number of esters is 1. The minimum absolute atomic E-state index is 0.0860. The molecule has 0 atom stereocenters. The van der Waals surface area contributed by atoms with Gasteiger partial charge < -0.3 is 14.5 Å². The van der Waals surface area contributed by atoms with Gasteiger partial charge in [-0.15, -0.1) is 0 Å². The van der Waals surface area contributed by atoms with Crippen LogP contribution in [0.3, 0.4) is 0 Å². The highest BCUT2D eigenvalue weighted by atomic mass is 19.1. The number of para-hydroxylation sites is 1. The molecule has 0 radical (unpaired) electrons. The topological polar surface area (TPSA) is 81.4 Å². The summed E-state index contributed by atoms with van der Waals surface area (Å²) in [4.78, 5) is 27.0. The maximum atomic E-state index is 12.3. The summed E-state index contributed by atoms with van der Waals surface area (Å²) in [5, 5.41) is 2.45. The van der Waals surface area contributed by atoms with E-state index in [0.29, 0.717) is 5.56 Å². The third-order valence-corrected chi connectivity index (χ3v) is 2.61. The van der Waals surface area contributed by atoms with Crippen LogP contribution in [0.2, 0.25) is 0 Å². The fraction of sp³-hybridized carbons (Fsp3) is 0.214. The lowest BCUT2D eigenvalue weighted by atomic mass is 10.1. The number of nitrogens with one attached hydrogen (secondary N) is 1. The number of alkyl halides is 1. The van der Waals surface area contributed by atoms with Gasteiger partial charge in [0, 0.05) is 6.92 Å². The van der Waals surface area contributed by atoms with Crippen molar-refractivity contribution in [3.8, 4) is 5.75 Å². The van der Waals surface area contributed by atoms with Crippen molar-refractivity contribution in [2.24, 2.45) is 0 Å². The Hall–Kier alpha value is -2.70. The number of aromatic nitrogens is 1. The van der Waals surface area contributed by atoms with Crippen molar-refractivity contribution < 1.29 is 23.1 Å². The number of oxazole rings is 1. The predicted molar refractivity (Wildman–Crippen MR) is 71.8 cm³/mol.